The molecule has 0 aromatic heterocycles. The van der Waals surface area contributed by atoms with Gasteiger partial charge < -0.3 is 0 Å². The molecule has 0 bridgehead atoms. The van der Waals surface area contributed by atoms with E-state index in [1.54, 1.807) is 13.8 Å². The van der Waals surface area contributed by atoms with Crippen molar-refractivity contribution in [2.75, 3.05) is 0 Å². The molecule has 0 N–H and O–H groups in total. The summed E-state index contributed by atoms with van der Waals surface area (Å²) in [5.74, 6) is -0.585. The topological polar surface area (TPSA) is 55.7 Å². The first-order valence-corrected chi connectivity index (χ1v) is 5.14. The van der Waals surface area contributed by atoms with E-state index in [1.807, 2.05) is 30.3 Å². The van der Waals surface area contributed by atoms with Crippen LogP contribution in [0.25, 0.3) is 0 Å². The maximum atomic E-state index is 11.4. The van der Waals surface area contributed by atoms with Gasteiger partial charge in [0.1, 0.15) is 0 Å². The van der Waals surface area contributed by atoms with Gasteiger partial charge in [0, 0.05) is 0 Å². The van der Waals surface area contributed by atoms with Crippen LogP contribution in [0.3, 0.4) is 0 Å². The van der Waals surface area contributed by atoms with Crippen LogP contribution in [-0.2, 0) is 16.1 Å². The molecule has 1 aromatic carbocycles. The number of hydrogen-bond donors (Lipinski definition) is 0. The van der Waals surface area contributed by atoms with Crippen molar-refractivity contribution >= 4 is 5.97 Å². The Balaban J connectivity index is 2.54. The van der Waals surface area contributed by atoms with Crippen molar-refractivity contribution < 1.29 is 9.63 Å². The summed E-state index contributed by atoms with van der Waals surface area (Å²) in [6.45, 7) is 3.48. The fourth-order valence-corrected chi connectivity index (χ4v) is 1.36. The van der Waals surface area contributed by atoms with Crippen molar-refractivity contribution in [3.63, 3.8) is 0 Å². The van der Waals surface area contributed by atoms with E-state index in [0.29, 0.717) is 6.42 Å². The largest absolute Gasteiger partial charge is 0.344 e. The maximum absolute atomic E-state index is 11.4. The summed E-state index contributed by atoms with van der Waals surface area (Å²) in [6, 6.07) is 9.85. The molecule has 0 radical (unpaired) electrons. The Morgan fingerprint density at radius 1 is 1.31 bits per heavy atom. The van der Waals surface area contributed by atoms with Crippen LogP contribution in [0.5, 0.6) is 0 Å². The van der Waals surface area contributed by atoms with E-state index in [4.69, 9.17) is 0 Å². The molecule has 0 amide bonds. The third-order valence-corrected chi connectivity index (χ3v) is 2.55. The molecule has 0 fully saturated rings. The van der Waals surface area contributed by atoms with Crippen molar-refractivity contribution in [1.82, 2.24) is 0 Å². The third-order valence-electron chi connectivity index (χ3n) is 2.55. The average Bonchev–Trinajstić information content (AvgIpc) is 2.28. The Hall–Kier alpha value is -1.71. The molecule has 0 heterocycles. The van der Waals surface area contributed by atoms with Crippen molar-refractivity contribution in [3.8, 4) is 0 Å². The number of carbonyl (C=O) groups excluding carboxylic acids is 1. The molecule has 0 atom stereocenters. The van der Waals surface area contributed by atoms with Crippen molar-refractivity contribution in [1.29, 1.82) is 0 Å². The molecule has 0 spiro atoms. The maximum Gasteiger partial charge on any atom is 0.344 e. The van der Waals surface area contributed by atoms with E-state index in [0.717, 1.165) is 12.0 Å². The first-order chi connectivity index (χ1) is 7.56. The Kier molecular flexibility index (Phi) is 4.17. The lowest BCUT2D eigenvalue weighted by molar-refractivity contribution is -0.154. The van der Waals surface area contributed by atoms with Crippen molar-refractivity contribution in [2.45, 2.75) is 26.7 Å². The highest BCUT2D eigenvalue weighted by molar-refractivity contribution is 5.75. The van der Waals surface area contributed by atoms with Gasteiger partial charge in [-0.1, -0.05) is 30.3 Å². The molecule has 4 nitrogen and oxygen atoms in total. The highest BCUT2D eigenvalue weighted by Gasteiger charge is 2.29. The second-order valence-corrected chi connectivity index (χ2v) is 4.32. The van der Waals surface area contributed by atoms with Crippen molar-refractivity contribution in [2.24, 2.45) is 10.8 Å². The van der Waals surface area contributed by atoms with E-state index in [9.17, 15) is 9.70 Å². The minimum Gasteiger partial charge on any atom is -0.284 e. The summed E-state index contributed by atoms with van der Waals surface area (Å²) in [7, 11) is 0. The van der Waals surface area contributed by atoms with Gasteiger partial charge in [-0.05, 0) is 32.3 Å². The summed E-state index contributed by atoms with van der Waals surface area (Å²) in [5, 5.41) is 2.16. The highest BCUT2D eigenvalue weighted by atomic mass is 16.7. The van der Waals surface area contributed by atoms with Crippen LogP contribution in [0.2, 0.25) is 0 Å². The van der Waals surface area contributed by atoms with Gasteiger partial charge in [-0.25, -0.2) is 4.79 Å². The Labute approximate surface area is 94.5 Å². The molecule has 0 saturated heterocycles. The second-order valence-electron chi connectivity index (χ2n) is 4.32. The molecule has 86 valence electrons. The Morgan fingerprint density at radius 2 is 1.94 bits per heavy atom. The monoisotopic (exact) mass is 221 g/mol. The van der Waals surface area contributed by atoms with Crippen LogP contribution in [0, 0.1) is 10.3 Å². The molecule has 1 aromatic rings. The molecular weight excluding hydrogens is 206 g/mol. The standard InChI is InChI=1S/C12H15NO3/c1-12(2,11(14)16-13-15)9-8-10-6-4-3-5-7-10/h3-7H,8-9H2,1-2H3. The molecule has 0 aliphatic rings. The summed E-state index contributed by atoms with van der Waals surface area (Å²) in [4.78, 5) is 25.3. The normalized spacial score (nSPS) is 10.9. The van der Waals surface area contributed by atoms with Crippen LogP contribution < -0.4 is 0 Å². The molecule has 4 heteroatoms. The zero-order valence-electron chi connectivity index (χ0n) is 9.47. The van der Waals surface area contributed by atoms with Crippen LogP contribution in [0.15, 0.2) is 35.7 Å². The van der Waals surface area contributed by atoms with Gasteiger partial charge in [0.25, 0.3) is 0 Å². The zero-order chi connectivity index (χ0) is 12.0. The van der Waals surface area contributed by atoms with E-state index in [-0.39, 0.29) is 0 Å². The number of nitrogens with zero attached hydrogens (tertiary/aromatic N) is 1. The molecule has 1 rings (SSSR count). The van der Waals surface area contributed by atoms with Crippen LogP contribution >= 0.6 is 0 Å². The van der Waals surface area contributed by atoms with E-state index in [2.05, 4.69) is 10.2 Å². The van der Waals surface area contributed by atoms with Crippen LogP contribution in [-0.4, -0.2) is 5.97 Å². The van der Waals surface area contributed by atoms with Crippen LogP contribution in [0.1, 0.15) is 25.8 Å². The smallest absolute Gasteiger partial charge is 0.284 e. The Morgan fingerprint density at radius 3 is 2.50 bits per heavy atom. The average molecular weight is 221 g/mol. The van der Waals surface area contributed by atoms with E-state index >= 15 is 0 Å². The van der Waals surface area contributed by atoms with E-state index < -0.39 is 11.4 Å². The van der Waals surface area contributed by atoms with Gasteiger partial charge >= 0.3 is 5.97 Å². The van der Waals surface area contributed by atoms with Gasteiger partial charge in [0.2, 0.25) is 0 Å². The van der Waals surface area contributed by atoms with Gasteiger partial charge in [0.05, 0.1) is 5.41 Å². The number of carbonyl (C=O) groups is 1. The summed E-state index contributed by atoms with van der Waals surface area (Å²) >= 11 is 0. The number of aryl methyl sites for hydroxylation is 1. The molecule has 0 aliphatic carbocycles. The summed E-state index contributed by atoms with van der Waals surface area (Å²) < 4.78 is 0. The predicted octanol–water partition coefficient (Wildman–Crippen LogP) is 2.87. The number of benzene rings is 1. The molecule has 0 aliphatic heterocycles. The molecular formula is C12H15NO3. The first kappa shape index (κ1) is 12.4. The SMILES string of the molecule is CC(C)(CCc1ccccc1)C(=O)ON=O. The fourth-order valence-electron chi connectivity index (χ4n) is 1.36. The fraction of sp³-hybridized carbons (Fsp3) is 0.417. The lowest BCUT2D eigenvalue weighted by Gasteiger charge is -2.19. The lowest BCUT2D eigenvalue weighted by atomic mass is 9.86. The predicted molar refractivity (Wildman–Crippen MR) is 60.4 cm³/mol. The van der Waals surface area contributed by atoms with Gasteiger partial charge in [-0.3, -0.25) is 4.84 Å². The molecule has 16 heavy (non-hydrogen) atoms. The highest BCUT2D eigenvalue weighted by Crippen LogP contribution is 2.24. The van der Waals surface area contributed by atoms with Gasteiger partial charge in [0.15, 0.2) is 5.34 Å². The van der Waals surface area contributed by atoms with E-state index in [1.165, 1.54) is 0 Å². The van der Waals surface area contributed by atoms with Gasteiger partial charge in [-0.15, -0.1) is 4.91 Å². The molecule has 0 saturated carbocycles. The van der Waals surface area contributed by atoms with Gasteiger partial charge in [-0.2, -0.15) is 0 Å². The third kappa shape index (κ3) is 3.46. The minimum absolute atomic E-state index is 0.585. The number of hydrogen-bond acceptors (Lipinski definition) is 4. The second kappa shape index (κ2) is 5.39. The first-order valence-electron chi connectivity index (χ1n) is 5.14. The molecule has 0 unspecified atom stereocenters. The Bertz CT molecular complexity index is 360. The zero-order valence-corrected chi connectivity index (χ0v) is 9.47. The van der Waals surface area contributed by atoms with Crippen molar-refractivity contribution in [3.05, 3.63) is 40.8 Å². The quantitative estimate of drug-likeness (QED) is 0.567. The minimum atomic E-state index is -0.691. The van der Waals surface area contributed by atoms with Crippen LogP contribution in [0.4, 0.5) is 0 Å². The summed E-state index contributed by atoms with van der Waals surface area (Å²) in [6.07, 6.45) is 1.38. The summed E-state index contributed by atoms with van der Waals surface area (Å²) in [5.41, 5.74) is 0.464. The lowest BCUT2D eigenvalue weighted by Crippen LogP contribution is -2.25. The number of rotatable bonds is 5.